The molecule has 0 aliphatic rings. The summed E-state index contributed by atoms with van der Waals surface area (Å²) in [6.07, 6.45) is 1.82. The first-order valence-corrected chi connectivity index (χ1v) is 8.25. The van der Waals surface area contributed by atoms with E-state index in [2.05, 4.69) is 0 Å². The maximum atomic E-state index is 12.7. The Labute approximate surface area is 140 Å². The van der Waals surface area contributed by atoms with E-state index in [9.17, 15) is 14.9 Å². The van der Waals surface area contributed by atoms with Gasteiger partial charge in [-0.1, -0.05) is 13.8 Å². The molecule has 1 amide bonds. The third-order valence-electron chi connectivity index (χ3n) is 3.49. The Morgan fingerprint density at radius 1 is 1.48 bits per heavy atom. The number of hydrogen-bond acceptors (Lipinski definition) is 6. The number of methoxy groups -OCH3 is 1. The number of carbonyl (C=O) groups excluding carboxylic acids is 1. The van der Waals surface area contributed by atoms with Crippen LogP contribution in [0.4, 0.5) is 5.69 Å². The lowest BCUT2D eigenvalue weighted by Crippen LogP contribution is -2.40. The van der Waals surface area contributed by atoms with E-state index in [0.29, 0.717) is 23.7 Å². The molecule has 1 aromatic rings. The predicted molar refractivity (Wildman–Crippen MR) is 91.2 cm³/mol. The lowest BCUT2D eigenvalue weighted by atomic mass is 9.93. The zero-order valence-corrected chi connectivity index (χ0v) is 14.9. The van der Waals surface area contributed by atoms with Crippen molar-refractivity contribution in [3.63, 3.8) is 0 Å². The van der Waals surface area contributed by atoms with Crippen molar-refractivity contribution < 1.29 is 14.5 Å². The fraction of sp³-hybridized carbons (Fsp3) is 0.533. The SMILES string of the molecule is COc1cc([N+](=O)[O-])c(C(=O)N(C)CC(C)(C)CN)cc1SC. The van der Waals surface area contributed by atoms with Crippen LogP contribution in [-0.4, -0.2) is 49.2 Å². The molecule has 0 bridgehead atoms. The Hall–Kier alpha value is -1.80. The molecule has 0 fully saturated rings. The third-order valence-corrected chi connectivity index (χ3v) is 4.25. The van der Waals surface area contributed by atoms with Crippen molar-refractivity contribution in [2.45, 2.75) is 18.7 Å². The number of thioether (sulfide) groups is 1. The summed E-state index contributed by atoms with van der Waals surface area (Å²) in [5.74, 6) is -0.0260. The summed E-state index contributed by atoms with van der Waals surface area (Å²) >= 11 is 1.36. The number of benzene rings is 1. The van der Waals surface area contributed by atoms with Gasteiger partial charge in [0, 0.05) is 13.6 Å². The average Bonchev–Trinajstić information content (AvgIpc) is 2.52. The highest BCUT2D eigenvalue weighted by atomic mass is 32.2. The summed E-state index contributed by atoms with van der Waals surface area (Å²) in [5.41, 5.74) is 5.21. The molecule has 0 heterocycles. The van der Waals surface area contributed by atoms with Crippen molar-refractivity contribution in [3.05, 3.63) is 27.8 Å². The van der Waals surface area contributed by atoms with Gasteiger partial charge < -0.3 is 15.4 Å². The molecule has 7 nitrogen and oxygen atoms in total. The van der Waals surface area contributed by atoms with Gasteiger partial charge in [-0.15, -0.1) is 11.8 Å². The lowest BCUT2D eigenvalue weighted by Gasteiger charge is -2.29. The molecule has 0 saturated heterocycles. The summed E-state index contributed by atoms with van der Waals surface area (Å²) < 4.78 is 5.15. The molecule has 0 atom stereocenters. The van der Waals surface area contributed by atoms with E-state index in [1.165, 1.54) is 35.9 Å². The van der Waals surface area contributed by atoms with Crippen LogP contribution in [0.25, 0.3) is 0 Å². The van der Waals surface area contributed by atoms with Crippen molar-refractivity contribution in [2.75, 3.05) is 33.5 Å². The normalized spacial score (nSPS) is 11.2. The molecule has 0 aromatic heterocycles. The number of ether oxygens (including phenoxy) is 1. The zero-order valence-electron chi connectivity index (χ0n) is 14.1. The van der Waals surface area contributed by atoms with Crippen LogP contribution in [-0.2, 0) is 0 Å². The van der Waals surface area contributed by atoms with Crippen LogP contribution in [0.2, 0.25) is 0 Å². The minimum absolute atomic E-state index is 0.0514. The van der Waals surface area contributed by atoms with Gasteiger partial charge >= 0.3 is 0 Å². The first-order chi connectivity index (χ1) is 10.7. The van der Waals surface area contributed by atoms with Crippen LogP contribution >= 0.6 is 11.8 Å². The monoisotopic (exact) mass is 341 g/mol. The highest BCUT2D eigenvalue weighted by Gasteiger charge is 2.28. The minimum Gasteiger partial charge on any atom is -0.495 e. The van der Waals surface area contributed by atoms with Crippen molar-refractivity contribution in [1.82, 2.24) is 4.90 Å². The molecule has 0 spiro atoms. The minimum atomic E-state index is -0.568. The van der Waals surface area contributed by atoms with E-state index < -0.39 is 10.8 Å². The van der Waals surface area contributed by atoms with Crippen molar-refractivity contribution in [1.29, 1.82) is 0 Å². The molecular weight excluding hydrogens is 318 g/mol. The summed E-state index contributed by atoms with van der Waals surface area (Å²) in [4.78, 5) is 25.5. The Morgan fingerprint density at radius 2 is 2.09 bits per heavy atom. The lowest BCUT2D eigenvalue weighted by molar-refractivity contribution is -0.385. The molecular formula is C15H23N3O4S. The van der Waals surface area contributed by atoms with Gasteiger partial charge in [-0.25, -0.2) is 0 Å². The number of nitro groups is 1. The van der Waals surface area contributed by atoms with Crippen molar-refractivity contribution in [3.8, 4) is 5.75 Å². The molecule has 1 rings (SSSR count). The van der Waals surface area contributed by atoms with E-state index in [1.54, 1.807) is 7.05 Å². The maximum Gasteiger partial charge on any atom is 0.285 e. The van der Waals surface area contributed by atoms with Gasteiger partial charge in [0.1, 0.15) is 11.3 Å². The Kier molecular flexibility index (Phi) is 6.40. The van der Waals surface area contributed by atoms with Gasteiger partial charge in [0.2, 0.25) is 0 Å². The first kappa shape index (κ1) is 19.2. The molecule has 2 N–H and O–H groups in total. The fourth-order valence-corrected chi connectivity index (χ4v) is 2.75. The van der Waals surface area contributed by atoms with Crippen LogP contribution < -0.4 is 10.5 Å². The van der Waals surface area contributed by atoms with E-state index in [4.69, 9.17) is 10.5 Å². The molecule has 23 heavy (non-hydrogen) atoms. The zero-order chi connectivity index (χ0) is 17.8. The Morgan fingerprint density at radius 3 is 2.52 bits per heavy atom. The summed E-state index contributed by atoms with van der Waals surface area (Å²) in [5, 5.41) is 11.3. The standard InChI is InChI=1S/C15H23N3O4S/c1-15(2,8-16)9-17(3)14(19)10-6-13(23-5)12(22-4)7-11(10)18(20)21/h6-7H,8-9,16H2,1-5H3. The summed E-state index contributed by atoms with van der Waals surface area (Å²) in [6, 6.07) is 2.80. The number of nitrogens with two attached hydrogens (primary N) is 1. The number of hydrogen-bond donors (Lipinski definition) is 1. The number of nitro benzene ring substituents is 1. The van der Waals surface area contributed by atoms with Crippen LogP contribution in [0.15, 0.2) is 17.0 Å². The van der Waals surface area contributed by atoms with Gasteiger partial charge in [-0.3, -0.25) is 14.9 Å². The third kappa shape index (κ3) is 4.59. The molecule has 1 aromatic carbocycles. The van der Waals surface area contributed by atoms with E-state index in [1.807, 2.05) is 20.1 Å². The van der Waals surface area contributed by atoms with E-state index >= 15 is 0 Å². The molecule has 0 aliphatic heterocycles. The van der Waals surface area contributed by atoms with Gasteiger partial charge in [-0.2, -0.15) is 0 Å². The molecule has 0 radical (unpaired) electrons. The fourth-order valence-electron chi connectivity index (χ4n) is 2.17. The number of carbonyl (C=O) groups is 1. The average molecular weight is 341 g/mol. The van der Waals surface area contributed by atoms with Gasteiger partial charge in [0.05, 0.1) is 23.0 Å². The van der Waals surface area contributed by atoms with Crippen LogP contribution in [0.5, 0.6) is 5.75 Å². The largest absolute Gasteiger partial charge is 0.495 e. The van der Waals surface area contributed by atoms with E-state index in [0.717, 1.165) is 0 Å². The molecule has 8 heteroatoms. The molecule has 128 valence electrons. The van der Waals surface area contributed by atoms with Gasteiger partial charge in [-0.05, 0) is 24.3 Å². The second-order valence-corrected chi connectivity index (χ2v) is 6.86. The second kappa shape index (κ2) is 7.65. The Bertz CT molecular complexity index is 605. The number of amides is 1. The summed E-state index contributed by atoms with van der Waals surface area (Å²) in [6.45, 7) is 4.69. The van der Waals surface area contributed by atoms with Crippen molar-refractivity contribution in [2.24, 2.45) is 11.1 Å². The highest BCUT2D eigenvalue weighted by Crippen LogP contribution is 2.35. The van der Waals surface area contributed by atoms with E-state index in [-0.39, 0.29) is 16.7 Å². The van der Waals surface area contributed by atoms with Gasteiger partial charge in [0.15, 0.2) is 0 Å². The van der Waals surface area contributed by atoms with Crippen LogP contribution in [0.1, 0.15) is 24.2 Å². The Balaban J connectivity index is 3.29. The molecule has 0 saturated carbocycles. The second-order valence-electron chi connectivity index (χ2n) is 6.01. The quantitative estimate of drug-likeness (QED) is 0.464. The molecule has 0 unspecified atom stereocenters. The number of nitrogens with zero attached hydrogens (tertiary/aromatic N) is 2. The number of rotatable bonds is 7. The topological polar surface area (TPSA) is 98.7 Å². The van der Waals surface area contributed by atoms with Crippen LogP contribution in [0.3, 0.4) is 0 Å². The highest BCUT2D eigenvalue weighted by molar-refractivity contribution is 7.98. The van der Waals surface area contributed by atoms with Gasteiger partial charge in [0.25, 0.3) is 11.6 Å². The van der Waals surface area contributed by atoms with Crippen molar-refractivity contribution >= 4 is 23.4 Å². The molecule has 0 aliphatic carbocycles. The van der Waals surface area contributed by atoms with Crippen LogP contribution in [0, 0.1) is 15.5 Å². The first-order valence-electron chi connectivity index (χ1n) is 7.02. The summed E-state index contributed by atoms with van der Waals surface area (Å²) in [7, 11) is 3.06. The smallest absolute Gasteiger partial charge is 0.285 e. The maximum absolute atomic E-state index is 12.7. The predicted octanol–water partition coefficient (Wildman–Crippen LogP) is 2.38.